The van der Waals surface area contributed by atoms with E-state index in [0.29, 0.717) is 29.7 Å². The van der Waals surface area contributed by atoms with Crippen LogP contribution in [0.15, 0.2) is 27.6 Å². The van der Waals surface area contributed by atoms with Crippen molar-refractivity contribution in [3.8, 4) is 0 Å². The van der Waals surface area contributed by atoms with E-state index in [1.807, 2.05) is 6.92 Å². The molecule has 118 valence electrons. The van der Waals surface area contributed by atoms with Crippen molar-refractivity contribution in [3.63, 3.8) is 0 Å². The number of rotatable bonds is 6. The molecule has 1 atom stereocenters. The second-order valence-corrected chi connectivity index (χ2v) is 7.77. The monoisotopic (exact) mass is 377 g/mol. The summed E-state index contributed by atoms with van der Waals surface area (Å²) in [6.07, 6.45) is 1.86. The molecule has 1 heterocycles. The van der Waals surface area contributed by atoms with Crippen LogP contribution in [0, 0.1) is 0 Å². The molecule has 1 aromatic rings. The summed E-state index contributed by atoms with van der Waals surface area (Å²) in [5, 5.41) is 9.10. The lowest BCUT2D eigenvalue weighted by molar-refractivity contribution is 0.0946. The average Bonchev–Trinajstić information content (AvgIpc) is 2.97. The van der Waals surface area contributed by atoms with Gasteiger partial charge in [-0.1, -0.05) is 13.0 Å². The Bertz CT molecular complexity index is 585. The van der Waals surface area contributed by atoms with Gasteiger partial charge in [-0.05, 0) is 46.5 Å². The van der Waals surface area contributed by atoms with Gasteiger partial charge in [-0.25, -0.2) is 8.42 Å². The number of sulfonamides is 1. The average molecular weight is 378 g/mol. The summed E-state index contributed by atoms with van der Waals surface area (Å²) in [4.78, 5) is 0.222. The molecule has 0 bridgehead atoms. The maximum Gasteiger partial charge on any atom is 0.244 e. The summed E-state index contributed by atoms with van der Waals surface area (Å²) in [6.45, 7) is 3.19. The third-order valence-electron chi connectivity index (χ3n) is 3.58. The largest absolute Gasteiger partial charge is 0.392 e. The lowest BCUT2D eigenvalue weighted by Gasteiger charge is -2.24. The standard InChI is InChI=1S/C14H20BrNO4S/c1-2-16(9-12-4-3-7-20-12)21(18,19)14-6-5-11(10-17)8-13(14)15/h5-6,8,12,17H,2-4,7,9-10H2,1H3. The highest BCUT2D eigenvalue weighted by Crippen LogP contribution is 2.27. The Hall–Kier alpha value is -0.470. The van der Waals surface area contributed by atoms with E-state index in [1.165, 1.54) is 10.4 Å². The van der Waals surface area contributed by atoms with Crippen LogP contribution in [-0.2, 0) is 21.4 Å². The molecular formula is C14H20BrNO4S. The minimum absolute atomic E-state index is 0.0183. The van der Waals surface area contributed by atoms with Crippen LogP contribution >= 0.6 is 15.9 Å². The molecule has 21 heavy (non-hydrogen) atoms. The van der Waals surface area contributed by atoms with Crippen molar-refractivity contribution in [1.82, 2.24) is 4.31 Å². The predicted octanol–water partition coefficient (Wildman–Crippen LogP) is 2.13. The van der Waals surface area contributed by atoms with Crippen molar-refractivity contribution < 1.29 is 18.3 Å². The summed E-state index contributed by atoms with van der Waals surface area (Å²) in [5.74, 6) is 0. The molecule has 1 unspecified atom stereocenters. The Morgan fingerprint density at radius 2 is 2.24 bits per heavy atom. The van der Waals surface area contributed by atoms with E-state index in [1.54, 1.807) is 12.1 Å². The Labute approximate surface area is 134 Å². The minimum atomic E-state index is -3.57. The normalized spacial score (nSPS) is 19.3. The SMILES string of the molecule is CCN(CC1CCCO1)S(=O)(=O)c1ccc(CO)cc1Br. The number of likely N-dealkylation sites (N-methyl/N-ethyl adjacent to an activating group) is 1. The van der Waals surface area contributed by atoms with Gasteiger partial charge < -0.3 is 9.84 Å². The minimum Gasteiger partial charge on any atom is -0.392 e. The topological polar surface area (TPSA) is 66.8 Å². The molecular weight excluding hydrogens is 358 g/mol. The van der Waals surface area contributed by atoms with Gasteiger partial charge in [-0.15, -0.1) is 0 Å². The predicted molar refractivity (Wildman–Crippen MR) is 83.5 cm³/mol. The Morgan fingerprint density at radius 3 is 2.76 bits per heavy atom. The van der Waals surface area contributed by atoms with E-state index < -0.39 is 10.0 Å². The molecule has 7 heteroatoms. The van der Waals surface area contributed by atoms with E-state index >= 15 is 0 Å². The first-order valence-electron chi connectivity index (χ1n) is 7.00. The summed E-state index contributed by atoms with van der Waals surface area (Å²) in [6, 6.07) is 4.79. The zero-order chi connectivity index (χ0) is 15.5. The van der Waals surface area contributed by atoms with Gasteiger partial charge in [0.2, 0.25) is 10.0 Å². The van der Waals surface area contributed by atoms with Crippen LogP contribution in [0.2, 0.25) is 0 Å². The summed E-state index contributed by atoms with van der Waals surface area (Å²) < 4.78 is 32.9. The Morgan fingerprint density at radius 1 is 1.48 bits per heavy atom. The van der Waals surface area contributed by atoms with Gasteiger partial charge >= 0.3 is 0 Å². The summed E-state index contributed by atoms with van der Waals surface area (Å²) in [7, 11) is -3.57. The lowest BCUT2D eigenvalue weighted by atomic mass is 10.2. The zero-order valence-corrected chi connectivity index (χ0v) is 14.4. The number of hydrogen-bond acceptors (Lipinski definition) is 4. The first kappa shape index (κ1) is 16.9. The van der Waals surface area contributed by atoms with E-state index in [9.17, 15) is 8.42 Å². The van der Waals surface area contributed by atoms with Crippen molar-refractivity contribution in [2.75, 3.05) is 19.7 Å². The van der Waals surface area contributed by atoms with Crippen molar-refractivity contribution in [2.45, 2.75) is 37.4 Å². The first-order chi connectivity index (χ1) is 9.98. The first-order valence-corrected chi connectivity index (χ1v) is 9.23. The molecule has 1 saturated heterocycles. The third kappa shape index (κ3) is 3.84. The van der Waals surface area contributed by atoms with Crippen LogP contribution in [0.25, 0.3) is 0 Å². The van der Waals surface area contributed by atoms with Gasteiger partial charge in [0.15, 0.2) is 0 Å². The zero-order valence-electron chi connectivity index (χ0n) is 12.0. The fourth-order valence-electron chi connectivity index (χ4n) is 2.40. The van der Waals surface area contributed by atoms with Crippen LogP contribution in [0.1, 0.15) is 25.3 Å². The molecule has 0 aromatic heterocycles. The second kappa shape index (κ2) is 7.19. The molecule has 1 N–H and O–H groups in total. The molecule has 0 spiro atoms. The number of hydrogen-bond donors (Lipinski definition) is 1. The van der Waals surface area contributed by atoms with Crippen molar-refractivity contribution in [1.29, 1.82) is 0 Å². The molecule has 0 amide bonds. The number of ether oxygens (including phenoxy) is 1. The van der Waals surface area contributed by atoms with E-state index in [4.69, 9.17) is 9.84 Å². The number of halogens is 1. The summed E-state index contributed by atoms with van der Waals surface area (Å²) in [5.41, 5.74) is 0.669. The van der Waals surface area contributed by atoms with Crippen LogP contribution in [0.4, 0.5) is 0 Å². The van der Waals surface area contributed by atoms with Crippen LogP contribution in [0.3, 0.4) is 0 Å². The molecule has 1 aromatic carbocycles. The number of aliphatic hydroxyl groups is 1. The van der Waals surface area contributed by atoms with Crippen LogP contribution in [-0.4, -0.2) is 43.6 Å². The maximum absolute atomic E-state index is 12.7. The van der Waals surface area contributed by atoms with E-state index in [-0.39, 0.29) is 17.6 Å². The van der Waals surface area contributed by atoms with Gasteiger partial charge in [0.05, 0.1) is 17.6 Å². The number of nitrogens with zero attached hydrogens (tertiary/aromatic N) is 1. The van der Waals surface area contributed by atoms with Gasteiger partial charge in [0.25, 0.3) is 0 Å². The maximum atomic E-state index is 12.7. The number of benzene rings is 1. The highest BCUT2D eigenvalue weighted by molar-refractivity contribution is 9.10. The molecule has 0 aliphatic carbocycles. The Balaban J connectivity index is 2.25. The quantitative estimate of drug-likeness (QED) is 0.824. The fraction of sp³-hybridized carbons (Fsp3) is 0.571. The molecule has 0 saturated carbocycles. The van der Waals surface area contributed by atoms with Gasteiger partial charge in [-0.2, -0.15) is 4.31 Å². The van der Waals surface area contributed by atoms with Gasteiger partial charge in [-0.3, -0.25) is 0 Å². The molecule has 5 nitrogen and oxygen atoms in total. The van der Waals surface area contributed by atoms with Crippen LogP contribution < -0.4 is 0 Å². The highest BCUT2D eigenvalue weighted by atomic mass is 79.9. The smallest absolute Gasteiger partial charge is 0.244 e. The fourth-order valence-corrected chi connectivity index (χ4v) is 4.97. The van der Waals surface area contributed by atoms with Crippen molar-refractivity contribution in [3.05, 3.63) is 28.2 Å². The molecule has 1 fully saturated rings. The highest BCUT2D eigenvalue weighted by Gasteiger charge is 2.29. The molecule has 0 radical (unpaired) electrons. The van der Waals surface area contributed by atoms with Crippen LogP contribution in [0.5, 0.6) is 0 Å². The second-order valence-electron chi connectivity index (χ2n) is 5.01. The lowest BCUT2D eigenvalue weighted by Crippen LogP contribution is -2.37. The molecule has 1 aliphatic heterocycles. The van der Waals surface area contributed by atoms with Crippen molar-refractivity contribution in [2.24, 2.45) is 0 Å². The summed E-state index contributed by atoms with van der Waals surface area (Å²) >= 11 is 3.29. The van der Waals surface area contributed by atoms with Gasteiger partial charge in [0, 0.05) is 24.2 Å². The number of aliphatic hydroxyl groups excluding tert-OH is 1. The van der Waals surface area contributed by atoms with Gasteiger partial charge in [0.1, 0.15) is 0 Å². The molecule has 2 rings (SSSR count). The molecule has 1 aliphatic rings. The Kier molecular flexibility index (Phi) is 5.79. The van der Waals surface area contributed by atoms with E-state index in [2.05, 4.69) is 15.9 Å². The van der Waals surface area contributed by atoms with Crippen molar-refractivity contribution >= 4 is 26.0 Å². The third-order valence-corrected chi connectivity index (χ3v) is 6.50. The van der Waals surface area contributed by atoms with E-state index in [0.717, 1.165) is 12.8 Å².